The first kappa shape index (κ1) is 18.9. The minimum absolute atomic E-state index is 0.0109. The Hall–Kier alpha value is -1.44. The van der Waals surface area contributed by atoms with Gasteiger partial charge in [0, 0.05) is 12.0 Å². The van der Waals surface area contributed by atoms with Crippen LogP contribution in [0.25, 0.3) is 0 Å². The van der Waals surface area contributed by atoms with Crippen LogP contribution in [0.5, 0.6) is 0 Å². The zero-order valence-corrected chi connectivity index (χ0v) is 16.5. The van der Waals surface area contributed by atoms with Gasteiger partial charge in [-0.25, -0.2) is 4.79 Å². The molecule has 0 aromatic heterocycles. The third-order valence-corrected chi connectivity index (χ3v) is 6.68. The second kappa shape index (κ2) is 5.78. The Morgan fingerprint density at radius 1 is 1.33 bits per heavy atom. The average molecular weight is 380 g/mol. The summed E-state index contributed by atoms with van der Waals surface area (Å²) >= 11 is 0. The number of hydrogen-bond donors (Lipinski definition) is 1. The van der Waals surface area contributed by atoms with Gasteiger partial charge in [-0.15, -0.1) is 0 Å². The molecule has 1 saturated carbocycles. The predicted octanol–water partition coefficient (Wildman–Crippen LogP) is 2.01. The molecule has 1 unspecified atom stereocenters. The van der Waals surface area contributed by atoms with Gasteiger partial charge in [0.25, 0.3) is 0 Å². The van der Waals surface area contributed by atoms with Crippen LogP contribution in [0, 0.1) is 5.92 Å². The lowest BCUT2D eigenvalue weighted by Crippen LogP contribution is -2.45. The molecule has 3 fully saturated rings. The summed E-state index contributed by atoms with van der Waals surface area (Å²) in [5, 5.41) is 11.3. The van der Waals surface area contributed by atoms with Crippen molar-refractivity contribution in [3.05, 3.63) is 11.1 Å². The summed E-state index contributed by atoms with van der Waals surface area (Å²) in [4.78, 5) is 24.9. The number of esters is 2. The Morgan fingerprint density at radius 3 is 2.70 bits per heavy atom. The normalized spacial score (nSPS) is 46.6. The summed E-state index contributed by atoms with van der Waals surface area (Å²) in [5.74, 6) is -3.10. The molecule has 3 aliphatic heterocycles. The number of fused-ring (bicyclic) bond motifs is 3. The van der Waals surface area contributed by atoms with Crippen molar-refractivity contribution in [2.45, 2.75) is 95.6 Å². The van der Waals surface area contributed by atoms with Crippen LogP contribution in [0.2, 0.25) is 0 Å². The molecule has 3 heterocycles. The zero-order chi connectivity index (χ0) is 19.8. The van der Waals surface area contributed by atoms with E-state index in [9.17, 15) is 14.7 Å². The maximum atomic E-state index is 12.5. The smallest absolute Gasteiger partial charge is 0.336 e. The molecule has 0 aromatic carbocycles. The highest BCUT2D eigenvalue weighted by Gasteiger charge is 2.68. The number of epoxide rings is 2. The van der Waals surface area contributed by atoms with Crippen LogP contribution in [0.15, 0.2) is 11.1 Å². The van der Waals surface area contributed by atoms with E-state index in [2.05, 4.69) is 0 Å². The molecule has 0 spiro atoms. The Morgan fingerprint density at radius 2 is 2.04 bits per heavy atom. The van der Waals surface area contributed by atoms with Crippen molar-refractivity contribution in [2.24, 2.45) is 5.92 Å². The predicted molar refractivity (Wildman–Crippen MR) is 93.5 cm³/mol. The monoisotopic (exact) mass is 380 g/mol. The first-order valence-corrected chi connectivity index (χ1v) is 9.76. The van der Waals surface area contributed by atoms with E-state index in [1.54, 1.807) is 13.8 Å². The van der Waals surface area contributed by atoms with Gasteiger partial charge in [0.05, 0.1) is 28.8 Å². The summed E-state index contributed by atoms with van der Waals surface area (Å²) in [6.07, 6.45) is 1.01. The number of rotatable bonds is 3. The van der Waals surface area contributed by atoms with Gasteiger partial charge >= 0.3 is 11.9 Å². The summed E-state index contributed by atoms with van der Waals surface area (Å²) < 4.78 is 23.0. The molecule has 0 amide bonds. The van der Waals surface area contributed by atoms with Crippen molar-refractivity contribution in [1.29, 1.82) is 0 Å². The van der Waals surface area contributed by atoms with Crippen molar-refractivity contribution in [1.82, 2.24) is 0 Å². The molecule has 0 radical (unpaired) electrons. The van der Waals surface area contributed by atoms with E-state index in [4.69, 9.17) is 18.9 Å². The van der Waals surface area contributed by atoms with Crippen LogP contribution >= 0.6 is 0 Å². The lowest BCUT2D eigenvalue weighted by molar-refractivity contribution is -0.192. The number of hydrogen-bond acceptors (Lipinski definition) is 7. The quantitative estimate of drug-likeness (QED) is 0.591. The van der Waals surface area contributed by atoms with Crippen molar-refractivity contribution in [2.75, 3.05) is 0 Å². The number of carbonyl (C=O) groups excluding carboxylic acids is 2. The third-order valence-electron chi connectivity index (χ3n) is 6.68. The topological polar surface area (TPSA) is 97.9 Å². The number of aliphatic hydroxyl groups is 1. The molecule has 1 N–H and O–H groups in total. The number of carbonyl (C=O) groups is 2. The summed E-state index contributed by atoms with van der Waals surface area (Å²) in [6.45, 7) is 9.17. The molecule has 27 heavy (non-hydrogen) atoms. The van der Waals surface area contributed by atoms with E-state index >= 15 is 0 Å². The molecule has 7 atom stereocenters. The van der Waals surface area contributed by atoms with Crippen LogP contribution in [0.3, 0.4) is 0 Å². The van der Waals surface area contributed by atoms with Crippen LogP contribution in [0.1, 0.15) is 60.3 Å². The summed E-state index contributed by atoms with van der Waals surface area (Å²) in [6, 6.07) is 0. The fourth-order valence-corrected chi connectivity index (χ4v) is 4.48. The van der Waals surface area contributed by atoms with Crippen molar-refractivity contribution in [3.63, 3.8) is 0 Å². The van der Waals surface area contributed by atoms with E-state index in [1.807, 2.05) is 20.8 Å². The minimum Gasteiger partial charge on any atom is -0.454 e. The van der Waals surface area contributed by atoms with Crippen molar-refractivity contribution < 1.29 is 33.6 Å². The van der Waals surface area contributed by atoms with E-state index in [1.165, 1.54) is 0 Å². The standard InChI is InChI=1S/C20H28O7/c1-6-10(2)16(21)24-14-13-11(3)17(22)27-20(13,23)9-19(5)12(25-19)7-8-18(4)15(14)26-18/h10,12,14-15,23H,6-9H2,1-5H3/t10?,12-,14-,15+,18-,19+,20-/m1/s1. The summed E-state index contributed by atoms with van der Waals surface area (Å²) in [7, 11) is 0. The zero-order valence-electron chi connectivity index (χ0n) is 16.5. The second-order valence-corrected chi connectivity index (χ2v) is 8.87. The van der Waals surface area contributed by atoms with Gasteiger partial charge < -0.3 is 24.1 Å². The van der Waals surface area contributed by atoms with Crippen LogP contribution in [-0.4, -0.2) is 52.3 Å². The van der Waals surface area contributed by atoms with Gasteiger partial charge in [0.1, 0.15) is 6.10 Å². The van der Waals surface area contributed by atoms with Crippen molar-refractivity contribution >= 4 is 11.9 Å². The molecular weight excluding hydrogens is 352 g/mol. The molecule has 7 heteroatoms. The van der Waals surface area contributed by atoms with Gasteiger partial charge in [-0.3, -0.25) is 4.79 Å². The highest BCUT2D eigenvalue weighted by atomic mass is 16.7. The average Bonchev–Trinajstić information content (AvgIpc) is 3.42. The second-order valence-electron chi connectivity index (χ2n) is 8.87. The van der Waals surface area contributed by atoms with E-state index in [-0.39, 0.29) is 30.0 Å². The van der Waals surface area contributed by atoms with E-state index in [0.29, 0.717) is 12.0 Å². The van der Waals surface area contributed by atoms with E-state index < -0.39 is 35.2 Å². The van der Waals surface area contributed by atoms with E-state index in [0.717, 1.165) is 12.8 Å². The molecule has 4 aliphatic rings. The third kappa shape index (κ3) is 2.91. The molecular formula is C20H28O7. The molecule has 7 nitrogen and oxygen atoms in total. The van der Waals surface area contributed by atoms with Crippen LogP contribution in [0.4, 0.5) is 0 Å². The summed E-state index contributed by atoms with van der Waals surface area (Å²) in [5.41, 5.74) is -0.479. The highest BCUT2D eigenvalue weighted by molar-refractivity contribution is 5.92. The minimum atomic E-state index is -1.85. The molecule has 4 rings (SSSR count). The first-order valence-electron chi connectivity index (χ1n) is 9.76. The number of ether oxygens (including phenoxy) is 4. The Labute approximate surface area is 159 Å². The fraction of sp³-hybridized carbons (Fsp3) is 0.800. The Bertz CT molecular complexity index is 730. The maximum absolute atomic E-state index is 12.5. The molecule has 150 valence electrons. The molecule has 0 bridgehead atoms. The molecule has 1 aliphatic carbocycles. The van der Waals surface area contributed by atoms with Crippen molar-refractivity contribution in [3.8, 4) is 0 Å². The Balaban J connectivity index is 1.74. The van der Waals surface area contributed by atoms with Crippen LogP contribution < -0.4 is 0 Å². The molecule has 2 saturated heterocycles. The van der Waals surface area contributed by atoms with Gasteiger partial charge in [0.15, 0.2) is 6.10 Å². The van der Waals surface area contributed by atoms with Gasteiger partial charge in [-0.1, -0.05) is 13.8 Å². The fourth-order valence-electron chi connectivity index (χ4n) is 4.48. The van der Waals surface area contributed by atoms with Gasteiger partial charge in [-0.2, -0.15) is 0 Å². The lowest BCUT2D eigenvalue weighted by atomic mass is 9.82. The van der Waals surface area contributed by atoms with Gasteiger partial charge in [-0.05, 0) is 40.0 Å². The SMILES string of the molecule is CCC(C)C(=O)O[C@@H]1C2=C(C)C(=O)O[C@]2(O)C[C@]2(C)O[C@@H]2CC[C@@]2(C)O[C@@H]12. The van der Waals surface area contributed by atoms with Crippen LogP contribution in [-0.2, 0) is 28.5 Å². The first-order chi connectivity index (χ1) is 12.5. The largest absolute Gasteiger partial charge is 0.454 e. The Kier molecular flexibility index (Phi) is 4.05. The molecule has 0 aromatic rings. The maximum Gasteiger partial charge on any atom is 0.336 e. The highest BCUT2D eigenvalue weighted by Crippen LogP contribution is 2.56. The van der Waals surface area contributed by atoms with Gasteiger partial charge in [0.2, 0.25) is 5.79 Å². The lowest BCUT2D eigenvalue weighted by Gasteiger charge is -2.32.